The van der Waals surface area contributed by atoms with Gasteiger partial charge < -0.3 is 5.32 Å². The Morgan fingerprint density at radius 2 is 1.84 bits per heavy atom. The fraction of sp³-hybridized carbons (Fsp3) is 0.143. The van der Waals surface area contributed by atoms with Gasteiger partial charge in [0.1, 0.15) is 11.6 Å². The van der Waals surface area contributed by atoms with Gasteiger partial charge in [-0.05, 0) is 46.7 Å². The van der Waals surface area contributed by atoms with Crippen LogP contribution in [0.1, 0.15) is 17.2 Å². The van der Waals surface area contributed by atoms with Gasteiger partial charge in [0.05, 0.1) is 10.5 Å². The molecular weight excluding hydrogens is 336 g/mol. The highest BCUT2D eigenvalue weighted by atomic mass is 79.9. The van der Waals surface area contributed by atoms with E-state index in [1.165, 1.54) is 12.1 Å². The molecule has 0 aliphatic carbocycles. The number of rotatable bonds is 3. The van der Waals surface area contributed by atoms with Crippen molar-refractivity contribution < 1.29 is 8.78 Å². The van der Waals surface area contributed by atoms with Crippen molar-refractivity contribution in [2.75, 3.05) is 7.05 Å². The van der Waals surface area contributed by atoms with Gasteiger partial charge in [-0.25, -0.2) is 8.78 Å². The van der Waals surface area contributed by atoms with Crippen LogP contribution < -0.4 is 5.32 Å². The molecule has 19 heavy (non-hydrogen) atoms. The lowest BCUT2D eigenvalue weighted by molar-refractivity contribution is 0.569. The van der Waals surface area contributed by atoms with Gasteiger partial charge in [-0.1, -0.05) is 29.8 Å². The standard InChI is InChI=1S/C14H11BrClF2N/c1-19-14(9-6-5-8(16)7-12(9)18)10-3-2-4-11(17)13(10)15/h2-7,14,19H,1H3. The summed E-state index contributed by atoms with van der Waals surface area (Å²) in [4.78, 5) is 0. The summed E-state index contributed by atoms with van der Waals surface area (Å²) in [5.74, 6) is -0.810. The van der Waals surface area contributed by atoms with Gasteiger partial charge >= 0.3 is 0 Å². The third-order valence-electron chi connectivity index (χ3n) is 2.85. The molecule has 0 aliphatic rings. The van der Waals surface area contributed by atoms with Gasteiger partial charge in [-0.15, -0.1) is 0 Å². The first-order valence-electron chi connectivity index (χ1n) is 5.60. The fourth-order valence-electron chi connectivity index (χ4n) is 1.96. The molecule has 0 saturated carbocycles. The van der Waals surface area contributed by atoms with Crippen molar-refractivity contribution in [3.05, 3.63) is 68.7 Å². The summed E-state index contributed by atoms with van der Waals surface area (Å²) in [6.45, 7) is 0. The average molecular weight is 347 g/mol. The van der Waals surface area contributed by atoms with Crippen molar-refractivity contribution in [2.45, 2.75) is 6.04 Å². The van der Waals surface area contributed by atoms with Crippen molar-refractivity contribution in [2.24, 2.45) is 0 Å². The van der Waals surface area contributed by atoms with Gasteiger partial charge in [0.25, 0.3) is 0 Å². The third kappa shape index (κ3) is 2.96. The molecule has 1 nitrogen and oxygen atoms in total. The number of hydrogen-bond acceptors (Lipinski definition) is 1. The molecule has 100 valence electrons. The van der Waals surface area contributed by atoms with Crippen LogP contribution in [0.5, 0.6) is 0 Å². The highest BCUT2D eigenvalue weighted by molar-refractivity contribution is 9.10. The minimum Gasteiger partial charge on any atom is -0.309 e. The zero-order chi connectivity index (χ0) is 14.0. The summed E-state index contributed by atoms with van der Waals surface area (Å²) in [6.07, 6.45) is 0. The predicted molar refractivity (Wildman–Crippen MR) is 76.4 cm³/mol. The van der Waals surface area contributed by atoms with Crippen molar-refractivity contribution in [1.29, 1.82) is 0 Å². The Morgan fingerprint density at radius 3 is 2.47 bits per heavy atom. The van der Waals surface area contributed by atoms with Crippen LogP contribution in [0.15, 0.2) is 40.9 Å². The van der Waals surface area contributed by atoms with Crippen molar-refractivity contribution in [3.8, 4) is 0 Å². The van der Waals surface area contributed by atoms with Crippen molar-refractivity contribution in [1.82, 2.24) is 5.32 Å². The first-order valence-corrected chi connectivity index (χ1v) is 6.77. The maximum Gasteiger partial charge on any atom is 0.137 e. The van der Waals surface area contributed by atoms with E-state index in [0.29, 0.717) is 20.6 Å². The van der Waals surface area contributed by atoms with Crippen LogP contribution in [-0.2, 0) is 0 Å². The molecule has 1 atom stereocenters. The minimum atomic E-state index is -0.456. The molecular formula is C14H11BrClF2N. The number of benzene rings is 2. The van der Waals surface area contributed by atoms with Gasteiger partial charge in [-0.3, -0.25) is 0 Å². The van der Waals surface area contributed by atoms with Crippen molar-refractivity contribution in [3.63, 3.8) is 0 Å². The lowest BCUT2D eigenvalue weighted by Crippen LogP contribution is -2.19. The highest BCUT2D eigenvalue weighted by Gasteiger charge is 2.20. The summed E-state index contributed by atoms with van der Waals surface area (Å²) in [5, 5.41) is 3.31. The minimum absolute atomic E-state index is 0.323. The maximum atomic E-state index is 14.0. The predicted octanol–water partition coefficient (Wildman–Crippen LogP) is 4.69. The Morgan fingerprint density at radius 1 is 1.11 bits per heavy atom. The van der Waals surface area contributed by atoms with Crippen molar-refractivity contribution >= 4 is 27.5 Å². The molecule has 0 radical (unpaired) electrons. The molecule has 1 N–H and O–H groups in total. The lowest BCUT2D eigenvalue weighted by Gasteiger charge is -2.19. The molecule has 2 aromatic carbocycles. The quantitative estimate of drug-likeness (QED) is 0.850. The summed E-state index contributed by atoms with van der Waals surface area (Å²) >= 11 is 8.93. The second-order valence-corrected chi connectivity index (χ2v) is 5.26. The SMILES string of the molecule is CNC(c1ccc(Cl)cc1F)c1cccc(F)c1Br. The van der Waals surface area contributed by atoms with Gasteiger partial charge in [0.15, 0.2) is 0 Å². The summed E-state index contributed by atoms with van der Waals surface area (Å²) < 4.78 is 27.9. The lowest BCUT2D eigenvalue weighted by atomic mass is 9.98. The molecule has 0 aliphatic heterocycles. The Bertz CT molecular complexity index is 604. The molecule has 0 fully saturated rings. The van der Waals surface area contributed by atoms with Crippen LogP contribution >= 0.6 is 27.5 Å². The zero-order valence-electron chi connectivity index (χ0n) is 10.1. The largest absolute Gasteiger partial charge is 0.309 e. The Hall–Kier alpha value is -0.970. The molecule has 0 saturated heterocycles. The van der Waals surface area contributed by atoms with E-state index in [2.05, 4.69) is 21.2 Å². The molecule has 1 unspecified atom stereocenters. The average Bonchev–Trinajstić information content (AvgIpc) is 2.37. The van der Waals surface area contributed by atoms with E-state index in [-0.39, 0.29) is 5.82 Å². The third-order valence-corrected chi connectivity index (χ3v) is 3.93. The maximum absolute atomic E-state index is 14.0. The molecule has 0 amide bonds. The van der Waals surface area contributed by atoms with Crippen LogP contribution in [0.2, 0.25) is 5.02 Å². The Balaban J connectivity index is 2.53. The zero-order valence-corrected chi connectivity index (χ0v) is 12.4. The van der Waals surface area contributed by atoms with Gasteiger partial charge in [0, 0.05) is 10.6 Å². The van der Waals surface area contributed by atoms with E-state index in [1.54, 1.807) is 31.3 Å². The smallest absolute Gasteiger partial charge is 0.137 e. The summed E-state index contributed by atoms with van der Waals surface area (Å²) in [7, 11) is 1.69. The molecule has 2 aromatic rings. The van der Waals surface area contributed by atoms with Crippen LogP contribution in [0.4, 0.5) is 8.78 Å². The summed E-state index contributed by atoms with van der Waals surface area (Å²) in [6, 6.07) is 8.67. The van der Waals surface area contributed by atoms with E-state index >= 15 is 0 Å². The summed E-state index contributed by atoms with van der Waals surface area (Å²) in [5.41, 5.74) is 1.04. The van der Waals surface area contributed by atoms with Gasteiger partial charge in [-0.2, -0.15) is 0 Å². The van der Waals surface area contributed by atoms with Crippen LogP contribution in [0.3, 0.4) is 0 Å². The molecule has 0 aromatic heterocycles. The van der Waals surface area contributed by atoms with Gasteiger partial charge in [0.2, 0.25) is 0 Å². The highest BCUT2D eigenvalue weighted by Crippen LogP contribution is 2.32. The first-order chi connectivity index (χ1) is 9.04. The molecule has 2 rings (SSSR count). The van der Waals surface area contributed by atoms with E-state index in [4.69, 9.17) is 11.6 Å². The second-order valence-electron chi connectivity index (χ2n) is 4.03. The number of nitrogens with one attached hydrogen (secondary N) is 1. The van der Waals surface area contributed by atoms with E-state index in [1.807, 2.05) is 0 Å². The normalized spacial score (nSPS) is 12.5. The second kappa shape index (κ2) is 5.99. The monoisotopic (exact) mass is 345 g/mol. The van der Waals surface area contributed by atoms with E-state index in [9.17, 15) is 8.78 Å². The Labute approximate surface area is 123 Å². The topological polar surface area (TPSA) is 12.0 Å². The molecule has 5 heteroatoms. The Kier molecular flexibility index (Phi) is 4.55. The number of hydrogen-bond donors (Lipinski definition) is 1. The van der Waals surface area contributed by atoms with Crippen LogP contribution in [0.25, 0.3) is 0 Å². The first kappa shape index (κ1) is 14.4. The van der Waals surface area contributed by atoms with E-state index < -0.39 is 11.9 Å². The fourth-order valence-corrected chi connectivity index (χ4v) is 2.61. The number of halogens is 4. The van der Waals surface area contributed by atoms with E-state index in [0.717, 1.165) is 0 Å². The molecule has 0 heterocycles. The molecule has 0 bridgehead atoms. The molecule has 0 spiro atoms. The van der Waals surface area contributed by atoms with Crippen LogP contribution in [0, 0.1) is 11.6 Å². The van der Waals surface area contributed by atoms with Crippen LogP contribution in [-0.4, -0.2) is 7.05 Å².